The normalized spacial score (nSPS) is 18.7. The van der Waals surface area contributed by atoms with Gasteiger partial charge in [0.25, 0.3) is 6.01 Å². The van der Waals surface area contributed by atoms with Crippen molar-refractivity contribution in [3.8, 4) is 0 Å². The van der Waals surface area contributed by atoms with Gasteiger partial charge in [0.1, 0.15) is 6.26 Å². The number of hydrogen-bond acceptors (Lipinski definition) is 8. The molecule has 0 spiro atoms. The number of methoxy groups -OCH3 is 1. The van der Waals surface area contributed by atoms with E-state index in [-0.39, 0.29) is 24.9 Å². The number of carbonyl (C=O) groups excluding carboxylic acids is 2. The SMILES string of the molecule is CCOC(=O)c1coc(N2CCOC(C(=O)OC)C2)n1. The topological polar surface area (TPSA) is 91.1 Å². The summed E-state index contributed by atoms with van der Waals surface area (Å²) in [6, 6.07) is 0.255. The summed E-state index contributed by atoms with van der Waals surface area (Å²) in [5.74, 6) is -0.993. The molecule has 1 unspecified atom stereocenters. The molecule has 0 N–H and O–H groups in total. The first-order valence-corrected chi connectivity index (χ1v) is 6.22. The first-order valence-electron chi connectivity index (χ1n) is 6.22. The fourth-order valence-electron chi connectivity index (χ4n) is 1.81. The third kappa shape index (κ3) is 3.08. The molecule has 110 valence electrons. The molecule has 1 saturated heterocycles. The van der Waals surface area contributed by atoms with Gasteiger partial charge in [-0.05, 0) is 6.92 Å². The number of ether oxygens (including phenoxy) is 3. The molecule has 0 aromatic carbocycles. The van der Waals surface area contributed by atoms with E-state index in [0.717, 1.165) is 0 Å². The maximum atomic E-state index is 11.5. The second-order valence-corrected chi connectivity index (χ2v) is 4.06. The number of carbonyl (C=O) groups is 2. The summed E-state index contributed by atoms with van der Waals surface area (Å²) >= 11 is 0. The first-order chi connectivity index (χ1) is 9.65. The highest BCUT2D eigenvalue weighted by Gasteiger charge is 2.30. The zero-order chi connectivity index (χ0) is 14.5. The number of esters is 2. The van der Waals surface area contributed by atoms with Crippen LogP contribution < -0.4 is 4.90 Å². The van der Waals surface area contributed by atoms with Crippen LogP contribution in [-0.2, 0) is 19.0 Å². The number of anilines is 1. The van der Waals surface area contributed by atoms with E-state index in [1.165, 1.54) is 13.4 Å². The molecule has 0 aliphatic carbocycles. The van der Waals surface area contributed by atoms with Gasteiger partial charge in [-0.15, -0.1) is 0 Å². The molecular weight excluding hydrogens is 268 g/mol. The van der Waals surface area contributed by atoms with Gasteiger partial charge in [0, 0.05) is 6.54 Å². The van der Waals surface area contributed by atoms with E-state index in [4.69, 9.17) is 13.9 Å². The lowest BCUT2D eigenvalue weighted by molar-refractivity contribution is -0.154. The maximum absolute atomic E-state index is 11.5. The van der Waals surface area contributed by atoms with E-state index < -0.39 is 18.0 Å². The Morgan fingerprint density at radius 3 is 3.05 bits per heavy atom. The van der Waals surface area contributed by atoms with E-state index in [1.807, 2.05) is 0 Å². The van der Waals surface area contributed by atoms with E-state index in [0.29, 0.717) is 13.2 Å². The Kier molecular flexibility index (Phi) is 4.57. The van der Waals surface area contributed by atoms with Crippen LogP contribution in [0.2, 0.25) is 0 Å². The standard InChI is InChI=1S/C12H16N2O6/c1-3-18-10(15)8-7-20-12(13-8)14-4-5-19-9(6-14)11(16)17-2/h7,9H,3-6H2,1-2H3. The number of nitrogens with zero attached hydrogens (tertiary/aromatic N) is 2. The highest BCUT2D eigenvalue weighted by atomic mass is 16.6. The van der Waals surface area contributed by atoms with E-state index in [1.54, 1.807) is 11.8 Å². The van der Waals surface area contributed by atoms with Crippen LogP contribution in [-0.4, -0.2) is 56.4 Å². The smallest absolute Gasteiger partial charge is 0.360 e. The molecule has 1 aliphatic rings. The van der Waals surface area contributed by atoms with Crippen molar-refractivity contribution in [3.63, 3.8) is 0 Å². The molecule has 1 atom stereocenters. The van der Waals surface area contributed by atoms with Gasteiger partial charge in [-0.3, -0.25) is 0 Å². The van der Waals surface area contributed by atoms with E-state index >= 15 is 0 Å². The van der Waals surface area contributed by atoms with Crippen LogP contribution in [0.25, 0.3) is 0 Å². The van der Waals surface area contributed by atoms with Gasteiger partial charge in [0.2, 0.25) is 0 Å². The summed E-state index contributed by atoms with van der Waals surface area (Å²) in [5.41, 5.74) is 0.1000. The van der Waals surface area contributed by atoms with Gasteiger partial charge in [-0.25, -0.2) is 9.59 Å². The maximum Gasteiger partial charge on any atom is 0.360 e. The van der Waals surface area contributed by atoms with E-state index in [2.05, 4.69) is 9.72 Å². The van der Waals surface area contributed by atoms with Gasteiger partial charge in [-0.2, -0.15) is 4.98 Å². The Morgan fingerprint density at radius 2 is 2.35 bits per heavy atom. The fraction of sp³-hybridized carbons (Fsp3) is 0.583. The van der Waals surface area contributed by atoms with Gasteiger partial charge < -0.3 is 23.5 Å². The second kappa shape index (κ2) is 6.38. The molecule has 1 aromatic rings. The molecular formula is C12H16N2O6. The van der Waals surface area contributed by atoms with Crippen LogP contribution in [0.15, 0.2) is 10.7 Å². The van der Waals surface area contributed by atoms with Crippen molar-refractivity contribution in [2.24, 2.45) is 0 Å². The molecule has 0 bridgehead atoms. The predicted molar refractivity (Wildman–Crippen MR) is 66.4 cm³/mol. The minimum Gasteiger partial charge on any atom is -0.467 e. The molecule has 0 saturated carbocycles. The van der Waals surface area contributed by atoms with Gasteiger partial charge >= 0.3 is 11.9 Å². The Morgan fingerprint density at radius 1 is 1.55 bits per heavy atom. The van der Waals surface area contributed by atoms with Crippen molar-refractivity contribution < 1.29 is 28.2 Å². The van der Waals surface area contributed by atoms with Crippen molar-refractivity contribution in [1.82, 2.24) is 4.98 Å². The minimum absolute atomic E-state index is 0.1000. The fourth-order valence-corrected chi connectivity index (χ4v) is 1.81. The monoisotopic (exact) mass is 284 g/mol. The van der Waals surface area contributed by atoms with Crippen LogP contribution in [0.5, 0.6) is 0 Å². The summed E-state index contributed by atoms with van der Waals surface area (Å²) in [6.45, 7) is 3.09. The average Bonchev–Trinajstić information content (AvgIpc) is 2.97. The second-order valence-electron chi connectivity index (χ2n) is 4.06. The molecule has 2 rings (SSSR count). The summed E-state index contributed by atoms with van der Waals surface area (Å²) in [7, 11) is 1.30. The number of oxazole rings is 1. The zero-order valence-electron chi connectivity index (χ0n) is 11.3. The highest BCUT2D eigenvalue weighted by molar-refractivity contribution is 5.87. The largest absolute Gasteiger partial charge is 0.467 e. The molecule has 1 fully saturated rings. The molecule has 8 heteroatoms. The lowest BCUT2D eigenvalue weighted by atomic mass is 10.3. The summed E-state index contributed by atoms with van der Waals surface area (Å²) in [5, 5.41) is 0. The first kappa shape index (κ1) is 14.3. The molecule has 0 amide bonds. The number of hydrogen-bond donors (Lipinski definition) is 0. The Labute approximate surface area is 115 Å². The van der Waals surface area contributed by atoms with Gasteiger partial charge in [-0.1, -0.05) is 0 Å². The lowest BCUT2D eigenvalue weighted by Gasteiger charge is -2.30. The van der Waals surface area contributed by atoms with Crippen LogP contribution >= 0.6 is 0 Å². The third-order valence-corrected chi connectivity index (χ3v) is 2.78. The number of rotatable bonds is 4. The number of aromatic nitrogens is 1. The predicted octanol–water partition coefficient (Wildman–Crippen LogP) is 0.229. The Balaban J connectivity index is 2.04. The van der Waals surface area contributed by atoms with Crippen molar-refractivity contribution in [2.75, 3.05) is 38.3 Å². The van der Waals surface area contributed by atoms with Crippen LogP contribution in [0.1, 0.15) is 17.4 Å². The van der Waals surface area contributed by atoms with Crippen molar-refractivity contribution >= 4 is 18.0 Å². The zero-order valence-corrected chi connectivity index (χ0v) is 11.3. The van der Waals surface area contributed by atoms with Gasteiger partial charge in [0.15, 0.2) is 11.8 Å². The van der Waals surface area contributed by atoms with Crippen molar-refractivity contribution in [1.29, 1.82) is 0 Å². The average molecular weight is 284 g/mol. The van der Waals surface area contributed by atoms with Crippen LogP contribution in [0.3, 0.4) is 0 Å². The molecule has 20 heavy (non-hydrogen) atoms. The summed E-state index contributed by atoms with van der Waals surface area (Å²) < 4.78 is 20.0. The van der Waals surface area contributed by atoms with E-state index in [9.17, 15) is 9.59 Å². The van der Waals surface area contributed by atoms with Crippen molar-refractivity contribution in [2.45, 2.75) is 13.0 Å². The molecule has 1 aliphatic heterocycles. The summed E-state index contributed by atoms with van der Waals surface area (Å²) in [4.78, 5) is 28.7. The van der Waals surface area contributed by atoms with Crippen LogP contribution in [0, 0.1) is 0 Å². The quantitative estimate of drug-likeness (QED) is 0.726. The Hall–Kier alpha value is -2.09. The van der Waals surface area contributed by atoms with Gasteiger partial charge in [0.05, 0.1) is 26.9 Å². The van der Waals surface area contributed by atoms with Crippen molar-refractivity contribution in [3.05, 3.63) is 12.0 Å². The highest BCUT2D eigenvalue weighted by Crippen LogP contribution is 2.18. The number of morpholine rings is 1. The lowest BCUT2D eigenvalue weighted by Crippen LogP contribution is -2.46. The Bertz CT molecular complexity index is 486. The third-order valence-electron chi connectivity index (χ3n) is 2.78. The molecule has 8 nitrogen and oxygen atoms in total. The molecule has 0 radical (unpaired) electrons. The molecule has 2 heterocycles. The minimum atomic E-state index is -0.688. The molecule has 1 aromatic heterocycles. The summed E-state index contributed by atoms with van der Waals surface area (Å²) in [6.07, 6.45) is 0.544. The van der Waals surface area contributed by atoms with Crippen LogP contribution in [0.4, 0.5) is 6.01 Å².